The number of fused-ring (bicyclic) bond motifs is 6. The van der Waals surface area contributed by atoms with E-state index in [0.717, 1.165) is 30.6 Å². The summed E-state index contributed by atoms with van der Waals surface area (Å²) in [6, 6.07) is 0. The van der Waals surface area contributed by atoms with Gasteiger partial charge in [0.2, 0.25) is 5.79 Å². The molecule has 3 nitrogen and oxygen atoms in total. The summed E-state index contributed by atoms with van der Waals surface area (Å²) in [5.74, 6) is 2.71. The Morgan fingerprint density at radius 3 is 2.67 bits per heavy atom. The summed E-state index contributed by atoms with van der Waals surface area (Å²) in [4.78, 5) is 11.5. The predicted molar refractivity (Wildman–Crippen MR) is 91.1 cm³/mol. The van der Waals surface area contributed by atoms with Crippen LogP contribution >= 0.6 is 0 Å². The predicted octanol–water partition coefficient (Wildman–Crippen LogP) is 4.69. The fraction of sp³-hybridized carbons (Fsp3) is 0.952. The lowest BCUT2D eigenvalue weighted by molar-refractivity contribution is -0.167. The van der Waals surface area contributed by atoms with E-state index in [1.165, 1.54) is 51.9 Å². The molecule has 8 atom stereocenters. The minimum Gasteiger partial charge on any atom is -0.430 e. The molecule has 0 aromatic carbocycles. The van der Waals surface area contributed by atoms with Crippen LogP contribution in [-0.4, -0.2) is 17.9 Å². The maximum Gasteiger partial charge on any atom is 0.305 e. The number of epoxide rings is 1. The van der Waals surface area contributed by atoms with Gasteiger partial charge in [0.25, 0.3) is 0 Å². The minimum absolute atomic E-state index is 0.165. The monoisotopic (exact) mass is 332 g/mol. The zero-order valence-corrected chi connectivity index (χ0v) is 15.5. The molecule has 0 aromatic rings. The Bertz CT molecular complexity index is 573. The van der Waals surface area contributed by atoms with Crippen LogP contribution in [0.3, 0.4) is 0 Å². The molecule has 0 N–H and O–H groups in total. The molecule has 4 aliphatic carbocycles. The number of carbonyl (C=O) groups is 1. The van der Waals surface area contributed by atoms with Gasteiger partial charge in [0.15, 0.2) is 0 Å². The van der Waals surface area contributed by atoms with E-state index < -0.39 is 5.79 Å². The zero-order chi connectivity index (χ0) is 16.7. The molecular weight excluding hydrogens is 300 g/mol. The Labute approximate surface area is 145 Å². The van der Waals surface area contributed by atoms with Gasteiger partial charge >= 0.3 is 5.97 Å². The van der Waals surface area contributed by atoms with Gasteiger partial charge in [0.1, 0.15) is 6.10 Å². The van der Waals surface area contributed by atoms with Crippen molar-refractivity contribution in [2.75, 3.05) is 0 Å². The van der Waals surface area contributed by atoms with Crippen molar-refractivity contribution in [3.63, 3.8) is 0 Å². The summed E-state index contributed by atoms with van der Waals surface area (Å²) < 4.78 is 11.6. The fourth-order valence-corrected chi connectivity index (χ4v) is 7.88. The molecule has 0 aromatic heterocycles. The lowest BCUT2D eigenvalue weighted by Crippen LogP contribution is -2.54. The van der Waals surface area contributed by atoms with Gasteiger partial charge in [-0.15, -0.1) is 0 Å². The van der Waals surface area contributed by atoms with E-state index in [1.54, 1.807) is 0 Å². The first-order valence-corrected chi connectivity index (χ1v) is 10.2. The van der Waals surface area contributed by atoms with E-state index in [1.807, 2.05) is 0 Å². The summed E-state index contributed by atoms with van der Waals surface area (Å²) in [6.45, 7) is 6.64. The lowest BCUT2D eigenvalue weighted by atomic mass is 9.45. The third kappa shape index (κ3) is 1.97. The van der Waals surface area contributed by atoms with E-state index in [9.17, 15) is 4.79 Å². The molecule has 134 valence electrons. The molecule has 5 rings (SSSR count). The maximum atomic E-state index is 11.5. The smallest absolute Gasteiger partial charge is 0.305 e. The molecule has 1 saturated heterocycles. The average molecular weight is 332 g/mol. The second-order valence-corrected chi connectivity index (χ2v) is 10.2. The third-order valence-corrected chi connectivity index (χ3v) is 9.09. The first-order valence-electron chi connectivity index (χ1n) is 10.2. The van der Waals surface area contributed by atoms with Crippen molar-refractivity contribution in [2.24, 2.45) is 34.5 Å². The van der Waals surface area contributed by atoms with Gasteiger partial charge in [-0.25, -0.2) is 0 Å². The highest BCUT2D eigenvalue weighted by Gasteiger charge is 2.70. The summed E-state index contributed by atoms with van der Waals surface area (Å²) in [5.41, 5.74) is 1.04. The molecule has 4 saturated carbocycles. The van der Waals surface area contributed by atoms with Gasteiger partial charge in [-0.2, -0.15) is 0 Å². The van der Waals surface area contributed by atoms with E-state index >= 15 is 0 Å². The number of hydrogen-bond acceptors (Lipinski definition) is 3. The minimum atomic E-state index is -0.542. The van der Waals surface area contributed by atoms with Gasteiger partial charge in [0, 0.05) is 13.3 Å². The Balaban J connectivity index is 1.41. The highest BCUT2D eigenvalue weighted by atomic mass is 16.8. The van der Waals surface area contributed by atoms with Crippen molar-refractivity contribution in [2.45, 2.75) is 90.4 Å². The Hall–Kier alpha value is -0.570. The maximum absolute atomic E-state index is 11.5. The standard InChI is InChI=1S/C21H32O3/c1-13(22)23-21-11-14-6-7-15-16-5-4-9-19(16,2)10-8-17(15)20(14,3)12-18(21)24-21/h14-18H,4-12H2,1-3H3/t14-,15-,16-,17-,18+,19-,20-,21-/m0/s1. The van der Waals surface area contributed by atoms with Crippen LogP contribution in [-0.2, 0) is 14.3 Å². The van der Waals surface area contributed by atoms with Crippen molar-refractivity contribution >= 4 is 5.97 Å². The summed E-state index contributed by atoms with van der Waals surface area (Å²) in [6.07, 6.45) is 12.1. The SMILES string of the molecule is CC(=O)O[C@]12C[C@@H]3CC[C@H]4[C@@H]5CCC[C@@]5(C)CC[C@@H]4[C@@]3(C)C[C@H]1O2. The van der Waals surface area contributed by atoms with Crippen molar-refractivity contribution in [1.82, 2.24) is 0 Å². The molecular formula is C21H32O3. The molecule has 1 heterocycles. The molecule has 3 heteroatoms. The highest BCUT2D eigenvalue weighted by molar-refractivity contribution is 5.66. The van der Waals surface area contributed by atoms with Crippen molar-refractivity contribution in [3.8, 4) is 0 Å². The topological polar surface area (TPSA) is 38.8 Å². The second kappa shape index (κ2) is 4.78. The first-order chi connectivity index (χ1) is 11.4. The zero-order valence-electron chi connectivity index (χ0n) is 15.5. The van der Waals surface area contributed by atoms with Gasteiger partial charge in [-0.3, -0.25) is 4.79 Å². The quantitative estimate of drug-likeness (QED) is 0.516. The molecule has 0 bridgehead atoms. The number of ether oxygens (including phenoxy) is 2. The molecule has 0 spiro atoms. The number of esters is 1. The summed E-state index contributed by atoms with van der Waals surface area (Å²) in [5, 5.41) is 0. The van der Waals surface area contributed by atoms with Crippen molar-refractivity contribution in [3.05, 3.63) is 0 Å². The Morgan fingerprint density at radius 1 is 1.04 bits per heavy atom. The molecule has 0 amide bonds. The Morgan fingerprint density at radius 2 is 1.88 bits per heavy atom. The lowest BCUT2D eigenvalue weighted by Gasteiger charge is -2.59. The Kier molecular flexibility index (Phi) is 3.12. The van der Waals surface area contributed by atoms with Crippen LogP contribution in [0.4, 0.5) is 0 Å². The van der Waals surface area contributed by atoms with Crippen molar-refractivity contribution in [1.29, 1.82) is 0 Å². The van der Waals surface area contributed by atoms with Crippen LogP contribution in [0.2, 0.25) is 0 Å². The average Bonchev–Trinajstić information content (AvgIpc) is 2.99. The fourth-order valence-electron chi connectivity index (χ4n) is 7.88. The number of hydrogen-bond donors (Lipinski definition) is 0. The van der Waals surface area contributed by atoms with E-state index in [2.05, 4.69) is 13.8 Å². The molecule has 5 aliphatic rings. The van der Waals surface area contributed by atoms with Crippen LogP contribution in [0.25, 0.3) is 0 Å². The highest BCUT2D eigenvalue weighted by Crippen LogP contribution is 2.69. The number of rotatable bonds is 1. The molecule has 0 unspecified atom stereocenters. The normalized spacial score (nSPS) is 58.0. The van der Waals surface area contributed by atoms with Crippen LogP contribution in [0, 0.1) is 34.5 Å². The number of carbonyl (C=O) groups excluding carboxylic acids is 1. The first kappa shape index (κ1) is 15.7. The molecule has 0 radical (unpaired) electrons. The van der Waals surface area contributed by atoms with Gasteiger partial charge in [-0.05, 0) is 79.4 Å². The van der Waals surface area contributed by atoms with Gasteiger partial charge in [-0.1, -0.05) is 20.3 Å². The third-order valence-electron chi connectivity index (χ3n) is 9.09. The molecule has 1 aliphatic heterocycles. The van der Waals surface area contributed by atoms with Gasteiger partial charge < -0.3 is 9.47 Å². The van der Waals surface area contributed by atoms with E-state index in [4.69, 9.17) is 9.47 Å². The van der Waals surface area contributed by atoms with E-state index in [-0.39, 0.29) is 12.1 Å². The summed E-state index contributed by atoms with van der Waals surface area (Å²) >= 11 is 0. The molecule has 5 fully saturated rings. The second-order valence-electron chi connectivity index (χ2n) is 10.2. The van der Waals surface area contributed by atoms with Gasteiger partial charge in [0.05, 0.1) is 0 Å². The largest absolute Gasteiger partial charge is 0.430 e. The van der Waals surface area contributed by atoms with Crippen molar-refractivity contribution < 1.29 is 14.3 Å². The summed E-state index contributed by atoms with van der Waals surface area (Å²) in [7, 11) is 0. The van der Waals surface area contributed by atoms with Crippen LogP contribution in [0.1, 0.15) is 78.6 Å². The van der Waals surface area contributed by atoms with Crippen LogP contribution in [0.5, 0.6) is 0 Å². The van der Waals surface area contributed by atoms with Crippen LogP contribution in [0.15, 0.2) is 0 Å². The molecule has 24 heavy (non-hydrogen) atoms. The van der Waals surface area contributed by atoms with Crippen LogP contribution < -0.4 is 0 Å². The van der Waals surface area contributed by atoms with E-state index in [0.29, 0.717) is 16.7 Å².